The van der Waals surface area contributed by atoms with E-state index in [0.29, 0.717) is 15.9 Å². The van der Waals surface area contributed by atoms with Gasteiger partial charge in [-0.3, -0.25) is 10.1 Å². The minimum atomic E-state index is -0.196. The van der Waals surface area contributed by atoms with Crippen LogP contribution in [0.1, 0.15) is 5.01 Å². The van der Waals surface area contributed by atoms with Crippen LogP contribution in [0.15, 0.2) is 41.6 Å². The predicted octanol–water partition coefficient (Wildman–Crippen LogP) is 2.69. The van der Waals surface area contributed by atoms with E-state index >= 15 is 0 Å². The molecule has 28 heavy (non-hydrogen) atoms. The molecule has 3 aromatic heterocycles. The van der Waals surface area contributed by atoms with E-state index < -0.39 is 0 Å². The molecule has 4 aromatic rings. The van der Waals surface area contributed by atoms with Crippen molar-refractivity contribution < 1.29 is 9.53 Å². The number of aromatic nitrogens is 6. The average molecular weight is 413 g/mol. The van der Waals surface area contributed by atoms with Gasteiger partial charge in [-0.1, -0.05) is 35.2 Å². The van der Waals surface area contributed by atoms with Crippen molar-refractivity contribution in [3.8, 4) is 17.0 Å². The van der Waals surface area contributed by atoms with Gasteiger partial charge in [0, 0.05) is 5.56 Å². The second kappa shape index (κ2) is 7.90. The minimum absolute atomic E-state index is 0.153. The number of ether oxygens (including phenoxy) is 1. The number of methoxy groups -OCH3 is 1. The molecule has 9 nitrogen and oxygen atoms in total. The van der Waals surface area contributed by atoms with Crippen LogP contribution in [-0.2, 0) is 4.79 Å². The zero-order chi connectivity index (χ0) is 19.5. The molecule has 0 radical (unpaired) electrons. The molecule has 0 saturated heterocycles. The zero-order valence-corrected chi connectivity index (χ0v) is 16.6. The summed E-state index contributed by atoms with van der Waals surface area (Å²) in [6.07, 6.45) is 0. The van der Waals surface area contributed by atoms with Gasteiger partial charge in [-0.05, 0) is 31.2 Å². The summed E-state index contributed by atoms with van der Waals surface area (Å²) in [5.41, 5.74) is 2.18. The number of aryl methyl sites for hydroxylation is 1. The smallest absolute Gasteiger partial charge is 0.236 e. The van der Waals surface area contributed by atoms with Gasteiger partial charge in [0.1, 0.15) is 10.8 Å². The average Bonchev–Trinajstić information content (AvgIpc) is 3.31. The second-order valence-corrected chi connectivity index (χ2v) is 7.76. The maximum Gasteiger partial charge on any atom is 0.236 e. The highest BCUT2D eigenvalue weighted by Gasteiger charge is 2.14. The molecule has 0 spiro atoms. The molecule has 0 aliphatic carbocycles. The largest absolute Gasteiger partial charge is 0.496 e. The van der Waals surface area contributed by atoms with Crippen LogP contribution in [0.25, 0.3) is 16.9 Å². The molecule has 11 heteroatoms. The van der Waals surface area contributed by atoms with Gasteiger partial charge in [0.05, 0.1) is 18.6 Å². The highest BCUT2D eigenvalue weighted by Crippen LogP contribution is 2.28. The van der Waals surface area contributed by atoms with Crippen molar-refractivity contribution in [1.82, 2.24) is 30.0 Å². The van der Waals surface area contributed by atoms with Gasteiger partial charge in [0.2, 0.25) is 16.2 Å². The number of hydrogen-bond donors (Lipinski definition) is 1. The first kappa shape index (κ1) is 18.3. The molecule has 0 atom stereocenters. The molecule has 0 fully saturated rings. The third-order valence-electron chi connectivity index (χ3n) is 3.72. The molecular formula is C17H15N7O2S2. The molecule has 0 aliphatic heterocycles. The Morgan fingerprint density at radius 1 is 1.18 bits per heavy atom. The summed E-state index contributed by atoms with van der Waals surface area (Å²) in [4.78, 5) is 12.1. The molecule has 4 rings (SSSR count). The van der Waals surface area contributed by atoms with Crippen LogP contribution in [0.5, 0.6) is 5.75 Å². The van der Waals surface area contributed by atoms with Crippen molar-refractivity contribution in [3.05, 3.63) is 41.4 Å². The number of hydrogen-bond acceptors (Lipinski definition) is 9. The van der Waals surface area contributed by atoms with Crippen LogP contribution in [0.2, 0.25) is 0 Å². The lowest BCUT2D eigenvalue weighted by Crippen LogP contribution is -2.14. The maximum atomic E-state index is 12.1. The fraction of sp³-hybridized carbons (Fsp3) is 0.176. The van der Waals surface area contributed by atoms with E-state index in [1.807, 2.05) is 43.3 Å². The number of para-hydroxylation sites is 1. The lowest BCUT2D eigenvalue weighted by molar-refractivity contribution is -0.113. The Morgan fingerprint density at radius 2 is 2.04 bits per heavy atom. The number of carbonyl (C=O) groups is 1. The zero-order valence-electron chi connectivity index (χ0n) is 15.0. The van der Waals surface area contributed by atoms with Crippen LogP contribution < -0.4 is 10.1 Å². The molecule has 0 unspecified atom stereocenters. The van der Waals surface area contributed by atoms with E-state index in [9.17, 15) is 4.79 Å². The SMILES string of the molecule is COc1ccccc1-c1ccc2nnc(SCC(=O)Nc3nnc(C)s3)n2n1. The number of nitrogens with zero attached hydrogens (tertiary/aromatic N) is 6. The van der Waals surface area contributed by atoms with Gasteiger partial charge in [0.25, 0.3) is 0 Å². The van der Waals surface area contributed by atoms with Crippen LogP contribution in [0, 0.1) is 6.92 Å². The first-order valence-electron chi connectivity index (χ1n) is 8.22. The van der Waals surface area contributed by atoms with Gasteiger partial charge < -0.3 is 4.74 Å². The Kier molecular flexibility index (Phi) is 5.17. The fourth-order valence-corrected chi connectivity index (χ4v) is 3.79. The summed E-state index contributed by atoms with van der Waals surface area (Å²) >= 11 is 2.57. The summed E-state index contributed by atoms with van der Waals surface area (Å²) < 4.78 is 7.03. The number of benzene rings is 1. The predicted molar refractivity (Wildman–Crippen MR) is 107 cm³/mol. The van der Waals surface area contributed by atoms with Crippen LogP contribution in [0.3, 0.4) is 0 Å². The molecule has 0 saturated carbocycles. The van der Waals surface area contributed by atoms with Crippen LogP contribution >= 0.6 is 23.1 Å². The monoisotopic (exact) mass is 413 g/mol. The fourth-order valence-electron chi connectivity index (χ4n) is 2.49. The molecule has 142 valence electrons. The molecule has 1 amide bonds. The van der Waals surface area contributed by atoms with Crippen molar-refractivity contribution in [1.29, 1.82) is 0 Å². The lowest BCUT2D eigenvalue weighted by Gasteiger charge is -2.08. The van der Waals surface area contributed by atoms with Gasteiger partial charge >= 0.3 is 0 Å². The Morgan fingerprint density at radius 3 is 2.82 bits per heavy atom. The van der Waals surface area contributed by atoms with E-state index in [0.717, 1.165) is 22.0 Å². The van der Waals surface area contributed by atoms with E-state index in [4.69, 9.17) is 4.74 Å². The Balaban J connectivity index is 1.54. The highest BCUT2D eigenvalue weighted by atomic mass is 32.2. The standard InChI is InChI=1S/C17H15N7O2S2/c1-10-19-21-16(28-10)18-15(25)9-27-17-22-20-14-8-7-12(23-24(14)17)11-5-3-4-6-13(11)26-2/h3-8H,9H2,1-2H3,(H,18,21,25). The van der Waals surface area contributed by atoms with Crippen molar-refractivity contribution in [3.63, 3.8) is 0 Å². The summed E-state index contributed by atoms with van der Waals surface area (Å²) in [6, 6.07) is 11.3. The first-order chi connectivity index (χ1) is 13.6. The molecule has 0 aliphatic rings. The normalized spacial score (nSPS) is 10.9. The van der Waals surface area contributed by atoms with Crippen LogP contribution in [0.4, 0.5) is 5.13 Å². The number of amides is 1. The lowest BCUT2D eigenvalue weighted by atomic mass is 10.1. The molecule has 1 N–H and O–H groups in total. The van der Waals surface area contributed by atoms with Gasteiger partial charge in [-0.25, -0.2) is 0 Å². The third kappa shape index (κ3) is 3.80. The van der Waals surface area contributed by atoms with E-state index in [-0.39, 0.29) is 11.7 Å². The number of carbonyl (C=O) groups excluding carboxylic acids is 1. The summed E-state index contributed by atoms with van der Waals surface area (Å²) in [6.45, 7) is 1.83. The second-order valence-electron chi connectivity index (χ2n) is 5.63. The number of rotatable bonds is 6. The number of anilines is 1. The van der Waals surface area contributed by atoms with E-state index in [1.165, 1.54) is 23.1 Å². The maximum absolute atomic E-state index is 12.1. The number of fused-ring (bicyclic) bond motifs is 1. The Hall–Kier alpha value is -3.05. The van der Waals surface area contributed by atoms with Gasteiger partial charge in [0.15, 0.2) is 5.65 Å². The van der Waals surface area contributed by atoms with Gasteiger partial charge in [-0.15, -0.1) is 20.4 Å². The summed E-state index contributed by atoms with van der Waals surface area (Å²) in [5.74, 6) is 0.683. The molecule has 0 bridgehead atoms. The summed E-state index contributed by atoms with van der Waals surface area (Å²) in [7, 11) is 1.62. The Bertz CT molecular complexity index is 1140. The molecule has 1 aromatic carbocycles. The quantitative estimate of drug-likeness (QED) is 0.481. The Labute approximate surface area is 168 Å². The van der Waals surface area contributed by atoms with E-state index in [1.54, 1.807) is 11.6 Å². The first-order valence-corrected chi connectivity index (χ1v) is 10.0. The number of thioether (sulfide) groups is 1. The summed E-state index contributed by atoms with van der Waals surface area (Å²) in [5, 5.41) is 25.1. The van der Waals surface area contributed by atoms with Crippen molar-refractivity contribution in [2.75, 3.05) is 18.2 Å². The topological polar surface area (TPSA) is 107 Å². The van der Waals surface area contributed by atoms with E-state index in [2.05, 4.69) is 30.8 Å². The van der Waals surface area contributed by atoms with Gasteiger partial charge in [-0.2, -0.15) is 9.61 Å². The number of nitrogens with one attached hydrogen (secondary N) is 1. The van der Waals surface area contributed by atoms with Crippen molar-refractivity contribution >= 4 is 39.8 Å². The van der Waals surface area contributed by atoms with Crippen molar-refractivity contribution in [2.45, 2.75) is 12.1 Å². The van der Waals surface area contributed by atoms with Crippen LogP contribution in [-0.4, -0.2) is 48.8 Å². The highest BCUT2D eigenvalue weighted by molar-refractivity contribution is 7.99. The molecule has 3 heterocycles. The van der Waals surface area contributed by atoms with Crippen molar-refractivity contribution in [2.24, 2.45) is 0 Å². The minimum Gasteiger partial charge on any atom is -0.496 e. The third-order valence-corrected chi connectivity index (χ3v) is 5.40. The molecular weight excluding hydrogens is 398 g/mol.